The van der Waals surface area contributed by atoms with Crippen LogP contribution < -0.4 is 10.4 Å². The molecule has 0 saturated carbocycles. The highest BCUT2D eigenvalue weighted by Gasteiger charge is 2.18. The summed E-state index contributed by atoms with van der Waals surface area (Å²) in [5.74, 6) is 7.04. The SMILES string of the molecule is N#CCc1cccc(C#CC=C2CCN(c3ncccc3[NH2+][O-])CC2)c1. The molecular weight excluding hydrogens is 324 g/mol. The van der Waals surface area contributed by atoms with Gasteiger partial charge in [-0.2, -0.15) is 5.26 Å². The average Bonchev–Trinajstić information content (AvgIpc) is 2.69. The largest absolute Gasteiger partial charge is 0.630 e. The normalized spacial score (nSPS) is 13.5. The molecule has 1 aromatic carbocycles. The molecule has 26 heavy (non-hydrogen) atoms. The van der Waals surface area contributed by atoms with Crippen LogP contribution in [-0.2, 0) is 6.42 Å². The minimum Gasteiger partial charge on any atom is -0.630 e. The maximum Gasteiger partial charge on any atom is 0.191 e. The van der Waals surface area contributed by atoms with Crippen LogP contribution in [0.1, 0.15) is 24.0 Å². The highest BCUT2D eigenvalue weighted by Crippen LogP contribution is 2.24. The first-order valence-corrected chi connectivity index (χ1v) is 8.60. The molecule has 1 saturated heterocycles. The number of hydrogen-bond acceptors (Lipinski definition) is 4. The zero-order valence-corrected chi connectivity index (χ0v) is 14.5. The summed E-state index contributed by atoms with van der Waals surface area (Å²) in [4.78, 5) is 6.50. The van der Waals surface area contributed by atoms with E-state index in [1.165, 1.54) is 5.57 Å². The molecule has 0 radical (unpaired) electrons. The van der Waals surface area contributed by atoms with E-state index in [0.717, 1.165) is 48.4 Å². The summed E-state index contributed by atoms with van der Waals surface area (Å²) in [7, 11) is 0. The van der Waals surface area contributed by atoms with Crippen LogP contribution in [0.4, 0.5) is 11.5 Å². The summed E-state index contributed by atoms with van der Waals surface area (Å²) in [5, 5.41) is 19.9. The second kappa shape index (κ2) is 8.82. The summed E-state index contributed by atoms with van der Waals surface area (Å²) in [6.07, 6.45) is 5.95. The fourth-order valence-corrected chi connectivity index (χ4v) is 2.99. The number of piperidine rings is 1. The Morgan fingerprint density at radius 2 is 2.08 bits per heavy atom. The van der Waals surface area contributed by atoms with Crippen LogP contribution in [0.25, 0.3) is 0 Å². The Kier molecular flexibility index (Phi) is 6.01. The van der Waals surface area contributed by atoms with Crippen molar-refractivity contribution in [3.8, 4) is 17.9 Å². The lowest BCUT2D eigenvalue weighted by molar-refractivity contribution is -0.496. The van der Waals surface area contributed by atoms with Crippen molar-refractivity contribution in [1.82, 2.24) is 4.98 Å². The van der Waals surface area contributed by atoms with Crippen LogP contribution >= 0.6 is 0 Å². The zero-order valence-electron chi connectivity index (χ0n) is 14.5. The summed E-state index contributed by atoms with van der Waals surface area (Å²) in [5.41, 5.74) is 4.72. The first kappa shape index (κ1) is 17.7. The van der Waals surface area contributed by atoms with Crippen molar-refractivity contribution in [3.63, 3.8) is 0 Å². The lowest BCUT2D eigenvalue weighted by Crippen LogP contribution is -2.70. The molecular formula is C21H20N4O. The lowest BCUT2D eigenvalue weighted by Gasteiger charge is -2.29. The minimum absolute atomic E-state index is 0.405. The molecule has 1 fully saturated rings. The van der Waals surface area contributed by atoms with Crippen molar-refractivity contribution in [2.45, 2.75) is 19.3 Å². The average molecular weight is 344 g/mol. The molecule has 2 aromatic rings. The Hall–Kier alpha value is -3.12. The number of nitrogens with zero attached hydrogens (tertiary/aromatic N) is 3. The Bertz CT molecular complexity index is 892. The van der Waals surface area contributed by atoms with Gasteiger partial charge in [-0.3, -0.25) is 0 Å². The molecule has 1 aliphatic heterocycles. The number of benzene rings is 1. The summed E-state index contributed by atoms with van der Waals surface area (Å²) >= 11 is 0. The second-order valence-corrected chi connectivity index (χ2v) is 6.13. The number of hydrogen-bond donors (Lipinski definition) is 1. The van der Waals surface area contributed by atoms with Crippen LogP contribution in [0.2, 0.25) is 0 Å². The topological polar surface area (TPSA) is 79.6 Å². The molecule has 0 atom stereocenters. The van der Waals surface area contributed by atoms with Gasteiger partial charge in [0.05, 0.1) is 12.5 Å². The van der Waals surface area contributed by atoms with Crippen molar-refractivity contribution in [3.05, 3.63) is 70.6 Å². The predicted molar refractivity (Wildman–Crippen MR) is 101 cm³/mol. The first-order chi connectivity index (χ1) is 12.8. The number of pyridine rings is 1. The van der Waals surface area contributed by atoms with Crippen molar-refractivity contribution in [1.29, 1.82) is 5.26 Å². The van der Waals surface area contributed by atoms with Crippen molar-refractivity contribution < 1.29 is 5.48 Å². The first-order valence-electron chi connectivity index (χ1n) is 8.60. The number of aromatic nitrogens is 1. The molecule has 5 nitrogen and oxygen atoms in total. The van der Waals surface area contributed by atoms with Gasteiger partial charge in [-0.25, -0.2) is 4.98 Å². The van der Waals surface area contributed by atoms with Gasteiger partial charge in [-0.15, -0.1) is 0 Å². The number of anilines is 1. The van der Waals surface area contributed by atoms with E-state index in [1.54, 1.807) is 18.3 Å². The van der Waals surface area contributed by atoms with E-state index < -0.39 is 0 Å². The zero-order chi connectivity index (χ0) is 18.2. The van der Waals surface area contributed by atoms with Gasteiger partial charge >= 0.3 is 0 Å². The van der Waals surface area contributed by atoms with Crippen molar-refractivity contribution >= 4 is 11.5 Å². The van der Waals surface area contributed by atoms with Crippen LogP contribution in [0, 0.1) is 28.4 Å². The van der Waals surface area contributed by atoms with Gasteiger partial charge in [0.1, 0.15) is 0 Å². The van der Waals surface area contributed by atoms with Gasteiger partial charge in [-0.1, -0.05) is 29.5 Å². The highest BCUT2D eigenvalue weighted by molar-refractivity contribution is 5.57. The Balaban J connectivity index is 1.62. The smallest absolute Gasteiger partial charge is 0.191 e. The maximum absolute atomic E-state index is 11.2. The van der Waals surface area contributed by atoms with Crippen LogP contribution in [-0.4, -0.2) is 18.1 Å². The van der Waals surface area contributed by atoms with E-state index in [2.05, 4.69) is 27.8 Å². The van der Waals surface area contributed by atoms with E-state index in [0.29, 0.717) is 12.1 Å². The van der Waals surface area contributed by atoms with Crippen LogP contribution in [0.5, 0.6) is 0 Å². The van der Waals surface area contributed by atoms with E-state index in [4.69, 9.17) is 5.26 Å². The third kappa shape index (κ3) is 4.49. The number of nitrogens with two attached hydrogens (primary N) is 1. The molecule has 2 heterocycles. The fraction of sp³-hybridized carbons (Fsp3) is 0.238. The number of allylic oxidation sites excluding steroid dienone is 1. The summed E-state index contributed by atoms with van der Waals surface area (Å²) in [6.45, 7) is 1.67. The van der Waals surface area contributed by atoms with E-state index in [9.17, 15) is 5.21 Å². The van der Waals surface area contributed by atoms with Crippen molar-refractivity contribution in [2.24, 2.45) is 0 Å². The number of quaternary nitrogens is 1. The second-order valence-electron chi connectivity index (χ2n) is 6.13. The van der Waals surface area contributed by atoms with Crippen molar-refractivity contribution in [2.75, 3.05) is 18.0 Å². The molecule has 0 spiro atoms. The fourth-order valence-electron chi connectivity index (χ4n) is 2.99. The molecule has 0 unspecified atom stereocenters. The molecule has 2 N–H and O–H groups in total. The van der Waals surface area contributed by atoms with Crippen LogP contribution in [0.3, 0.4) is 0 Å². The van der Waals surface area contributed by atoms with Crippen LogP contribution in [0.15, 0.2) is 54.2 Å². The Morgan fingerprint density at radius 1 is 1.23 bits per heavy atom. The maximum atomic E-state index is 11.2. The van der Waals surface area contributed by atoms with Gasteiger partial charge in [0, 0.05) is 30.9 Å². The molecule has 0 aliphatic carbocycles. The van der Waals surface area contributed by atoms with E-state index in [-0.39, 0.29) is 0 Å². The Labute approximate surface area is 153 Å². The van der Waals surface area contributed by atoms with Gasteiger partial charge in [-0.05, 0) is 42.7 Å². The number of rotatable bonds is 3. The molecule has 130 valence electrons. The molecule has 0 bridgehead atoms. The molecule has 1 aliphatic rings. The van der Waals surface area contributed by atoms with Gasteiger partial charge < -0.3 is 15.6 Å². The third-order valence-electron chi connectivity index (χ3n) is 4.35. The summed E-state index contributed by atoms with van der Waals surface area (Å²) in [6, 6.07) is 13.5. The predicted octanol–water partition coefficient (Wildman–Crippen LogP) is 2.42. The monoisotopic (exact) mass is 344 g/mol. The molecule has 5 heteroatoms. The van der Waals surface area contributed by atoms with E-state index in [1.807, 2.05) is 30.3 Å². The lowest BCUT2D eigenvalue weighted by atomic mass is 10.0. The minimum atomic E-state index is 0.405. The van der Waals surface area contributed by atoms with Gasteiger partial charge in [0.2, 0.25) is 0 Å². The standard InChI is InChI=1S/C21H20N4O/c22-12-9-19-7-2-6-18(16-19)5-1-4-17-10-14-25(15-11-17)21-20(24-26)8-3-13-23-21/h2-4,6-8,13,16H,9-11,14-15,24H2. The molecule has 0 amide bonds. The summed E-state index contributed by atoms with van der Waals surface area (Å²) < 4.78 is 0. The van der Waals surface area contributed by atoms with Gasteiger partial charge in [0.15, 0.2) is 11.5 Å². The molecule has 1 aromatic heterocycles. The third-order valence-corrected chi connectivity index (χ3v) is 4.35. The molecule has 3 rings (SSSR count). The quantitative estimate of drug-likeness (QED) is 0.685. The highest BCUT2D eigenvalue weighted by atomic mass is 16.5. The van der Waals surface area contributed by atoms with E-state index >= 15 is 0 Å². The Morgan fingerprint density at radius 3 is 2.85 bits per heavy atom. The number of nitriles is 1. The van der Waals surface area contributed by atoms with Gasteiger partial charge in [0.25, 0.3) is 0 Å².